The van der Waals surface area contributed by atoms with Gasteiger partial charge in [-0.2, -0.15) is 0 Å². The quantitative estimate of drug-likeness (QED) is 0.640. The average molecular weight is 288 g/mol. The van der Waals surface area contributed by atoms with Crippen LogP contribution in [-0.2, 0) is 9.47 Å². The van der Waals surface area contributed by atoms with Gasteiger partial charge in [0.2, 0.25) is 0 Å². The SMILES string of the molecule is CSc1nccc(-c2cccc(C3OCCCO3)c2)n1. The summed E-state index contributed by atoms with van der Waals surface area (Å²) >= 11 is 1.54. The second kappa shape index (κ2) is 6.35. The van der Waals surface area contributed by atoms with Crippen molar-refractivity contribution < 1.29 is 9.47 Å². The molecule has 0 atom stereocenters. The Hall–Kier alpha value is -1.43. The minimum Gasteiger partial charge on any atom is -0.348 e. The summed E-state index contributed by atoms with van der Waals surface area (Å²) in [7, 11) is 0. The lowest BCUT2D eigenvalue weighted by atomic mass is 10.1. The summed E-state index contributed by atoms with van der Waals surface area (Å²) in [6, 6.07) is 10.1. The zero-order valence-electron chi connectivity index (χ0n) is 11.3. The lowest BCUT2D eigenvalue weighted by Crippen LogP contribution is -2.17. The molecule has 5 heteroatoms. The monoisotopic (exact) mass is 288 g/mol. The second-order valence-corrected chi connectivity index (χ2v) is 5.25. The van der Waals surface area contributed by atoms with E-state index in [2.05, 4.69) is 16.0 Å². The predicted octanol–water partition coefficient (Wildman–Crippen LogP) is 3.30. The Balaban J connectivity index is 1.89. The van der Waals surface area contributed by atoms with E-state index < -0.39 is 0 Å². The molecule has 0 bridgehead atoms. The normalized spacial score (nSPS) is 16.2. The topological polar surface area (TPSA) is 44.2 Å². The molecular weight excluding hydrogens is 272 g/mol. The van der Waals surface area contributed by atoms with Crippen molar-refractivity contribution in [2.45, 2.75) is 17.9 Å². The lowest BCUT2D eigenvalue weighted by molar-refractivity contribution is -0.183. The van der Waals surface area contributed by atoms with Crippen LogP contribution in [0, 0.1) is 0 Å². The van der Waals surface area contributed by atoms with E-state index in [1.54, 1.807) is 6.20 Å². The summed E-state index contributed by atoms with van der Waals surface area (Å²) in [6.07, 6.45) is 4.46. The smallest absolute Gasteiger partial charge is 0.187 e. The predicted molar refractivity (Wildman–Crippen MR) is 78.5 cm³/mol. The maximum Gasteiger partial charge on any atom is 0.187 e. The van der Waals surface area contributed by atoms with Gasteiger partial charge in [-0.1, -0.05) is 30.0 Å². The number of hydrogen-bond acceptors (Lipinski definition) is 5. The molecule has 2 aromatic rings. The maximum atomic E-state index is 5.64. The van der Waals surface area contributed by atoms with Gasteiger partial charge in [-0.05, 0) is 24.8 Å². The van der Waals surface area contributed by atoms with Crippen LogP contribution >= 0.6 is 11.8 Å². The van der Waals surface area contributed by atoms with Crippen LogP contribution in [-0.4, -0.2) is 29.4 Å². The summed E-state index contributed by atoms with van der Waals surface area (Å²) < 4.78 is 11.3. The Morgan fingerprint density at radius 3 is 2.85 bits per heavy atom. The first-order chi connectivity index (χ1) is 9.86. The molecule has 1 saturated heterocycles. The summed E-state index contributed by atoms with van der Waals surface area (Å²) in [6.45, 7) is 1.50. The van der Waals surface area contributed by atoms with Gasteiger partial charge in [0.25, 0.3) is 0 Å². The molecule has 0 spiro atoms. The molecule has 1 aromatic carbocycles. The molecule has 1 aromatic heterocycles. The minimum absolute atomic E-state index is 0.259. The molecule has 3 rings (SSSR count). The molecule has 0 amide bonds. The third-order valence-electron chi connectivity index (χ3n) is 3.10. The number of aromatic nitrogens is 2. The second-order valence-electron chi connectivity index (χ2n) is 4.48. The lowest BCUT2D eigenvalue weighted by Gasteiger charge is -2.23. The number of rotatable bonds is 3. The third kappa shape index (κ3) is 3.00. The first kappa shape index (κ1) is 13.5. The van der Waals surface area contributed by atoms with Crippen LogP contribution in [0.2, 0.25) is 0 Å². The molecule has 0 aliphatic carbocycles. The fraction of sp³-hybridized carbons (Fsp3) is 0.333. The van der Waals surface area contributed by atoms with E-state index >= 15 is 0 Å². The van der Waals surface area contributed by atoms with Crippen molar-refractivity contribution in [3.05, 3.63) is 42.1 Å². The van der Waals surface area contributed by atoms with Crippen LogP contribution in [0.1, 0.15) is 18.3 Å². The van der Waals surface area contributed by atoms with E-state index in [1.165, 1.54) is 11.8 Å². The van der Waals surface area contributed by atoms with Gasteiger partial charge in [0.15, 0.2) is 11.4 Å². The highest BCUT2D eigenvalue weighted by Crippen LogP contribution is 2.27. The molecule has 2 heterocycles. The van der Waals surface area contributed by atoms with E-state index in [0.717, 1.165) is 41.6 Å². The van der Waals surface area contributed by atoms with Crippen LogP contribution in [0.3, 0.4) is 0 Å². The molecule has 1 aliphatic heterocycles. The zero-order chi connectivity index (χ0) is 13.8. The summed E-state index contributed by atoms with van der Waals surface area (Å²) in [5, 5.41) is 0.776. The Bertz CT molecular complexity index is 586. The molecule has 1 fully saturated rings. The van der Waals surface area contributed by atoms with Gasteiger partial charge >= 0.3 is 0 Å². The van der Waals surface area contributed by atoms with Gasteiger partial charge in [0.1, 0.15) is 0 Å². The van der Waals surface area contributed by atoms with Gasteiger partial charge in [0, 0.05) is 17.3 Å². The molecular formula is C15H16N2O2S. The summed E-state index contributed by atoms with van der Waals surface area (Å²) in [4.78, 5) is 8.72. The van der Waals surface area contributed by atoms with Gasteiger partial charge in [0.05, 0.1) is 18.9 Å². The van der Waals surface area contributed by atoms with E-state index in [9.17, 15) is 0 Å². The van der Waals surface area contributed by atoms with Crippen LogP contribution in [0.25, 0.3) is 11.3 Å². The fourth-order valence-corrected chi connectivity index (χ4v) is 2.48. The molecule has 4 nitrogen and oxygen atoms in total. The van der Waals surface area contributed by atoms with Gasteiger partial charge in [-0.3, -0.25) is 0 Å². The summed E-state index contributed by atoms with van der Waals surface area (Å²) in [5.74, 6) is 0. The molecule has 0 N–H and O–H groups in total. The first-order valence-corrected chi connectivity index (χ1v) is 7.80. The van der Waals surface area contributed by atoms with Gasteiger partial charge in [-0.15, -0.1) is 0 Å². The van der Waals surface area contributed by atoms with E-state index in [1.807, 2.05) is 30.5 Å². The highest BCUT2D eigenvalue weighted by atomic mass is 32.2. The molecule has 0 radical (unpaired) electrons. The average Bonchev–Trinajstić information content (AvgIpc) is 2.56. The van der Waals surface area contributed by atoms with Gasteiger partial charge < -0.3 is 9.47 Å². The highest BCUT2D eigenvalue weighted by Gasteiger charge is 2.17. The van der Waals surface area contributed by atoms with E-state index in [0.29, 0.717) is 0 Å². The standard InChI is InChI=1S/C15H16N2O2S/c1-20-15-16-7-6-13(17-15)11-4-2-5-12(10-11)14-18-8-3-9-19-14/h2,4-7,10,14H,3,8-9H2,1H3. The van der Waals surface area contributed by atoms with Crippen LogP contribution in [0.4, 0.5) is 0 Å². The highest BCUT2D eigenvalue weighted by molar-refractivity contribution is 7.98. The maximum absolute atomic E-state index is 5.64. The minimum atomic E-state index is -0.259. The molecule has 1 aliphatic rings. The van der Waals surface area contributed by atoms with Crippen LogP contribution in [0.5, 0.6) is 0 Å². The Morgan fingerprint density at radius 2 is 2.05 bits per heavy atom. The Morgan fingerprint density at radius 1 is 1.20 bits per heavy atom. The molecule has 0 unspecified atom stereocenters. The Labute approximate surface area is 122 Å². The molecule has 0 saturated carbocycles. The first-order valence-electron chi connectivity index (χ1n) is 6.57. The number of nitrogens with zero attached hydrogens (tertiary/aromatic N) is 2. The number of benzene rings is 1. The van der Waals surface area contributed by atoms with Crippen molar-refractivity contribution in [2.75, 3.05) is 19.5 Å². The van der Waals surface area contributed by atoms with Crippen molar-refractivity contribution >= 4 is 11.8 Å². The number of thioether (sulfide) groups is 1. The molecule has 104 valence electrons. The number of ether oxygens (including phenoxy) is 2. The fourth-order valence-electron chi connectivity index (χ4n) is 2.12. The van der Waals surface area contributed by atoms with Crippen molar-refractivity contribution in [3.8, 4) is 11.3 Å². The van der Waals surface area contributed by atoms with E-state index in [-0.39, 0.29) is 6.29 Å². The zero-order valence-corrected chi connectivity index (χ0v) is 12.1. The largest absolute Gasteiger partial charge is 0.348 e. The third-order valence-corrected chi connectivity index (χ3v) is 3.66. The number of hydrogen-bond donors (Lipinski definition) is 0. The Kier molecular flexibility index (Phi) is 4.30. The van der Waals surface area contributed by atoms with E-state index in [4.69, 9.17) is 9.47 Å². The van der Waals surface area contributed by atoms with Crippen LogP contribution in [0.15, 0.2) is 41.7 Å². The van der Waals surface area contributed by atoms with Crippen molar-refractivity contribution in [3.63, 3.8) is 0 Å². The van der Waals surface area contributed by atoms with Crippen LogP contribution < -0.4 is 0 Å². The van der Waals surface area contributed by atoms with Crippen molar-refractivity contribution in [2.24, 2.45) is 0 Å². The van der Waals surface area contributed by atoms with Crippen molar-refractivity contribution in [1.29, 1.82) is 0 Å². The molecule has 20 heavy (non-hydrogen) atoms. The van der Waals surface area contributed by atoms with Gasteiger partial charge in [-0.25, -0.2) is 9.97 Å². The summed E-state index contributed by atoms with van der Waals surface area (Å²) in [5.41, 5.74) is 3.01. The van der Waals surface area contributed by atoms with Crippen molar-refractivity contribution in [1.82, 2.24) is 9.97 Å².